The Morgan fingerprint density at radius 2 is 1.94 bits per heavy atom. The van der Waals surface area contributed by atoms with Crippen LogP contribution in [0.2, 0.25) is 0 Å². The summed E-state index contributed by atoms with van der Waals surface area (Å²) in [6.07, 6.45) is 1.53. The van der Waals surface area contributed by atoms with Crippen molar-refractivity contribution in [3.8, 4) is 0 Å². The predicted molar refractivity (Wildman–Crippen MR) is 64.1 cm³/mol. The minimum atomic E-state index is -0.511. The molecule has 90 valence electrons. The van der Waals surface area contributed by atoms with E-state index in [1.165, 1.54) is 4.90 Å². The van der Waals surface area contributed by atoms with Gasteiger partial charge in [0.15, 0.2) is 0 Å². The molecule has 1 fully saturated rings. The van der Waals surface area contributed by atoms with E-state index in [4.69, 9.17) is 5.73 Å². The van der Waals surface area contributed by atoms with E-state index in [0.717, 1.165) is 5.56 Å². The van der Waals surface area contributed by atoms with Crippen LogP contribution in [0, 0.1) is 0 Å². The van der Waals surface area contributed by atoms with Crippen molar-refractivity contribution < 1.29 is 9.59 Å². The summed E-state index contributed by atoms with van der Waals surface area (Å²) in [7, 11) is 0. The van der Waals surface area contributed by atoms with Gasteiger partial charge in [-0.2, -0.15) is 0 Å². The van der Waals surface area contributed by atoms with E-state index >= 15 is 0 Å². The highest BCUT2D eigenvalue weighted by atomic mass is 16.2. The van der Waals surface area contributed by atoms with Gasteiger partial charge in [-0.3, -0.25) is 14.5 Å². The number of amides is 2. The predicted octanol–water partition coefficient (Wildman–Crippen LogP) is 0.705. The average Bonchev–Trinajstić information content (AvgIpc) is 2.35. The zero-order valence-corrected chi connectivity index (χ0v) is 9.63. The maximum atomic E-state index is 11.7. The third kappa shape index (κ3) is 2.71. The van der Waals surface area contributed by atoms with Crippen LogP contribution in [0.3, 0.4) is 0 Å². The number of carbonyl (C=O) groups excluding carboxylic acids is 2. The van der Waals surface area contributed by atoms with Crippen molar-refractivity contribution in [3.05, 3.63) is 35.9 Å². The first kappa shape index (κ1) is 11.8. The van der Waals surface area contributed by atoms with Crippen LogP contribution in [0.25, 0.3) is 0 Å². The summed E-state index contributed by atoms with van der Waals surface area (Å²) in [6, 6.07) is 9.29. The third-order valence-electron chi connectivity index (χ3n) is 3.02. The monoisotopic (exact) mass is 232 g/mol. The number of hydrogen-bond acceptors (Lipinski definition) is 3. The molecule has 4 heteroatoms. The molecule has 4 nitrogen and oxygen atoms in total. The maximum Gasteiger partial charge on any atom is 0.246 e. The molecule has 2 rings (SSSR count). The fraction of sp³-hybridized carbons (Fsp3) is 0.385. The van der Waals surface area contributed by atoms with E-state index in [1.807, 2.05) is 30.3 Å². The quantitative estimate of drug-likeness (QED) is 0.780. The number of imide groups is 1. The number of hydrogen-bond donors (Lipinski definition) is 1. The summed E-state index contributed by atoms with van der Waals surface area (Å²) in [4.78, 5) is 24.7. The van der Waals surface area contributed by atoms with Crippen LogP contribution in [0.1, 0.15) is 18.4 Å². The molecule has 0 bridgehead atoms. The minimum absolute atomic E-state index is 0.104. The number of benzene rings is 1. The first-order chi connectivity index (χ1) is 8.18. The van der Waals surface area contributed by atoms with E-state index < -0.39 is 6.04 Å². The molecule has 17 heavy (non-hydrogen) atoms. The molecule has 0 radical (unpaired) electrons. The summed E-state index contributed by atoms with van der Waals surface area (Å²) in [6.45, 7) is 0.426. The highest BCUT2D eigenvalue weighted by Gasteiger charge is 2.31. The summed E-state index contributed by atoms with van der Waals surface area (Å²) in [5.74, 6) is -0.343. The van der Waals surface area contributed by atoms with E-state index in [-0.39, 0.29) is 11.8 Å². The zero-order valence-electron chi connectivity index (χ0n) is 9.63. The first-order valence-corrected chi connectivity index (χ1v) is 5.82. The molecule has 0 saturated carbocycles. The molecule has 0 aromatic heterocycles. The van der Waals surface area contributed by atoms with Crippen molar-refractivity contribution in [2.45, 2.75) is 25.3 Å². The number of likely N-dealkylation sites (tertiary alicyclic amines) is 1. The molecule has 0 spiro atoms. The van der Waals surface area contributed by atoms with Gasteiger partial charge in [0.1, 0.15) is 0 Å². The van der Waals surface area contributed by atoms with Crippen LogP contribution >= 0.6 is 0 Å². The Labute approximate surface area is 100 Å². The second kappa shape index (κ2) is 5.10. The van der Waals surface area contributed by atoms with Crippen molar-refractivity contribution in [2.75, 3.05) is 6.54 Å². The van der Waals surface area contributed by atoms with Gasteiger partial charge in [-0.15, -0.1) is 0 Å². The smallest absolute Gasteiger partial charge is 0.246 e. The standard InChI is InChI=1S/C13H16N2O2/c14-11-6-7-12(16)15(13(11)17)9-8-10-4-2-1-3-5-10/h1-5,11H,6-9,14H2/t11-/m0/s1. The highest BCUT2D eigenvalue weighted by Crippen LogP contribution is 2.12. The molecule has 2 N–H and O–H groups in total. The average molecular weight is 232 g/mol. The summed E-state index contributed by atoms with van der Waals surface area (Å²) < 4.78 is 0. The van der Waals surface area contributed by atoms with Crippen molar-refractivity contribution in [2.24, 2.45) is 5.73 Å². The Kier molecular flexibility index (Phi) is 3.54. The van der Waals surface area contributed by atoms with Crippen LogP contribution in [-0.2, 0) is 16.0 Å². The minimum Gasteiger partial charge on any atom is -0.320 e. The van der Waals surface area contributed by atoms with Gasteiger partial charge >= 0.3 is 0 Å². The molecule has 1 heterocycles. The lowest BCUT2D eigenvalue weighted by atomic mass is 10.0. The summed E-state index contributed by atoms with van der Waals surface area (Å²) in [5.41, 5.74) is 6.77. The van der Waals surface area contributed by atoms with Crippen LogP contribution in [0.4, 0.5) is 0 Å². The normalized spacial score (nSPS) is 20.8. The molecule has 1 aromatic carbocycles. The van der Waals surface area contributed by atoms with Crippen molar-refractivity contribution in [1.29, 1.82) is 0 Å². The number of nitrogens with zero attached hydrogens (tertiary/aromatic N) is 1. The topological polar surface area (TPSA) is 63.4 Å². The lowest BCUT2D eigenvalue weighted by molar-refractivity contribution is -0.149. The molecule has 2 amide bonds. The molecule has 1 aliphatic heterocycles. The van der Waals surface area contributed by atoms with Crippen LogP contribution in [-0.4, -0.2) is 29.3 Å². The van der Waals surface area contributed by atoms with Gasteiger partial charge in [0.2, 0.25) is 11.8 Å². The molecular weight excluding hydrogens is 216 g/mol. The van der Waals surface area contributed by atoms with Gasteiger partial charge in [-0.05, 0) is 18.4 Å². The number of piperidine rings is 1. The lowest BCUT2D eigenvalue weighted by Gasteiger charge is -2.28. The third-order valence-corrected chi connectivity index (χ3v) is 3.02. The zero-order chi connectivity index (χ0) is 12.3. The second-order valence-electron chi connectivity index (χ2n) is 4.26. The molecule has 0 aliphatic carbocycles. The highest BCUT2D eigenvalue weighted by molar-refractivity contribution is 6.00. The van der Waals surface area contributed by atoms with Crippen LogP contribution in [0.5, 0.6) is 0 Å². The molecule has 1 saturated heterocycles. The van der Waals surface area contributed by atoms with E-state index in [1.54, 1.807) is 0 Å². The van der Waals surface area contributed by atoms with Gasteiger partial charge in [0.25, 0.3) is 0 Å². The first-order valence-electron chi connectivity index (χ1n) is 5.82. The fourth-order valence-corrected chi connectivity index (χ4v) is 1.98. The largest absolute Gasteiger partial charge is 0.320 e. The number of nitrogens with two attached hydrogens (primary N) is 1. The van der Waals surface area contributed by atoms with Gasteiger partial charge in [0, 0.05) is 13.0 Å². The SMILES string of the molecule is N[C@H]1CCC(=O)N(CCc2ccccc2)C1=O. The molecule has 1 atom stereocenters. The van der Waals surface area contributed by atoms with E-state index in [9.17, 15) is 9.59 Å². The molecule has 1 aromatic rings. The van der Waals surface area contributed by atoms with Crippen molar-refractivity contribution in [3.63, 3.8) is 0 Å². The Balaban J connectivity index is 1.98. The maximum absolute atomic E-state index is 11.7. The van der Waals surface area contributed by atoms with Crippen LogP contribution in [0.15, 0.2) is 30.3 Å². The van der Waals surface area contributed by atoms with Gasteiger partial charge in [-0.25, -0.2) is 0 Å². The summed E-state index contributed by atoms with van der Waals surface area (Å²) in [5, 5.41) is 0. The van der Waals surface area contributed by atoms with E-state index in [2.05, 4.69) is 0 Å². The Morgan fingerprint density at radius 3 is 2.65 bits per heavy atom. The second-order valence-corrected chi connectivity index (χ2v) is 4.26. The van der Waals surface area contributed by atoms with Gasteiger partial charge < -0.3 is 5.73 Å². The summed E-state index contributed by atoms with van der Waals surface area (Å²) >= 11 is 0. The number of carbonyl (C=O) groups is 2. The Bertz CT molecular complexity index is 417. The van der Waals surface area contributed by atoms with Gasteiger partial charge in [0.05, 0.1) is 6.04 Å². The van der Waals surface area contributed by atoms with Gasteiger partial charge in [-0.1, -0.05) is 30.3 Å². The van der Waals surface area contributed by atoms with Crippen LogP contribution < -0.4 is 5.73 Å². The molecule has 1 aliphatic rings. The Morgan fingerprint density at radius 1 is 1.24 bits per heavy atom. The van der Waals surface area contributed by atoms with Crippen molar-refractivity contribution in [1.82, 2.24) is 4.90 Å². The van der Waals surface area contributed by atoms with Crippen molar-refractivity contribution >= 4 is 11.8 Å². The molecular formula is C13H16N2O2. The van der Waals surface area contributed by atoms with E-state index in [0.29, 0.717) is 25.8 Å². The Hall–Kier alpha value is -1.68. The lowest BCUT2D eigenvalue weighted by Crippen LogP contribution is -2.51. The fourth-order valence-electron chi connectivity index (χ4n) is 1.98. The number of rotatable bonds is 3. The molecule has 0 unspecified atom stereocenters.